The van der Waals surface area contributed by atoms with E-state index in [0.29, 0.717) is 29.1 Å². The van der Waals surface area contributed by atoms with Crippen LogP contribution in [0.15, 0.2) is 29.1 Å². The fourth-order valence-corrected chi connectivity index (χ4v) is 4.53. The summed E-state index contributed by atoms with van der Waals surface area (Å²) in [4.78, 5) is 30.4. The van der Waals surface area contributed by atoms with Crippen molar-refractivity contribution in [2.24, 2.45) is 0 Å². The summed E-state index contributed by atoms with van der Waals surface area (Å²) in [6, 6.07) is 7.64. The largest absolute Gasteiger partial charge is 0.458 e. The minimum Gasteiger partial charge on any atom is -0.458 e. The Kier molecular flexibility index (Phi) is 3.89. The van der Waals surface area contributed by atoms with E-state index < -0.39 is 11.6 Å². The Morgan fingerprint density at radius 1 is 1.30 bits per heavy atom. The van der Waals surface area contributed by atoms with Gasteiger partial charge in [-0.05, 0) is 36.6 Å². The molecule has 0 saturated carbocycles. The van der Waals surface area contributed by atoms with Crippen molar-refractivity contribution in [3.05, 3.63) is 62.4 Å². The van der Waals surface area contributed by atoms with E-state index in [9.17, 15) is 14.7 Å². The minimum atomic E-state index is -1.83. The number of hydrogen-bond donors (Lipinski definition) is 1. The number of aryl methyl sites for hydroxylation is 1. The van der Waals surface area contributed by atoms with E-state index in [1.165, 1.54) is 0 Å². The standard InChI is InChI=1S/C24H20N2O4/c1-4-13-7-8-14(5-2)20-16(13)9-15-11-26-19(21(15)25-20)10-18-17(22(26)27)12-30-23(28)24(18,29)6-3/h1,7-10,29H,5-6,11-12H2,2-3H3/t24-/m0/s1. The molecule has 2 aromatic heterocycles. The zero-order valence-corrected chi connectivity index (χ0v) is 16.8. The molecule has 2 aliphatic heterocycles. The van der Waals surface area contributed by atoms with Gasteiger partial charge in [-0.1, -0.05) is 25.8 Å². The molecule has 0 saturated heterocycles. The molecule has 1 N–H and O–H groups in total. The molecule has 6 heteroatoms. The number of ether oxygens (including phenoxy) is 1. The SMILES string of the molecule is C#Cc1ccc(CC)c2nc3c(cc12)Cn1c-3cc2c(c1=O)COC(=O)[C@]2(O)CC. The molecule has 150 valence electrons. The molecule has 6 nitrogen and oxygen atoms in total. The van der Waals surface area contributed by atoms with Crippen molar-refractivity contribution >= 4 is 16.9 Å². The molecule has 0 fully saturated rings. The highest BCUT2D eigenvalue weighted by Crippen LogP contribution is 2.39. The van der Waals surface area contributed by atoms with Crippen LogP contribution in [-0.2, 0) is 34.7 Å². The number of esters is 1. The fourth-order valence-electron chi connectivity index (χ4n) is 4.53. The smallest absolute Gasteiger partial charge is 0.343 e. The van der Waals surface area contributed by atoms with Crippen LogP contribution in [0.3, 0.4) is 0 Å². The van der Waals surface area contributed by atoms with E-state index in [-0.39, 0.29) is 18.6 Å². The summed E-state index contributed by atoms with van der Waals surface area (Å²) in [5.41, 5.74) is 3.37. The van der Waals surface area contributed by atoms with E-state index in [1.54, 1.807) is 17.6 Å². The van der Waals surface area contributed by atoms with Gasteiger partial charge in [0.25, 0.3) is 5.56 Å². The topological polar surface area (TPSA) is 81.4 Å². The first kappa shape index (κ1) is 18.6. The molecular formula is C24H20N2O4. The third kappa shape index (κ3) is 2.27. The number of cyclic esters (lactones) is 1. The van der Waals surface area contributed by atoms with Gasteiger partial charge in [0.1, 0.15) is 6.61 Å². The van der Waals surface area contributed by atoms with Gasteiger partial charge in [-0.25, -0.2) is 9.78 Å². The molecule has 3 aromatic rings. The highest BCUT2D eigenvalue weighted by Gasteiger charge is 2.45. The lowest BCUT2D eigenvalue weighted by molar-refractivity contribution is -0.172. The van der Waals surface area contributed by atoms with Gasteiger partial charge < -0.3 is 14.4 Å². The zero-order chi connectivity index (χ0) is 21.2. The summed E-state index contributed by atoms with van der Waals surface area (Å²) in [6.07, 6.45) is 6.61. The van der Waals surface area contributed by atoms with Gasteiger partial charge in [-0.2, -0.15) is 0 Å². The summed E-state index contributed by atoms with van der Waals surface area (Å²) in [6.45, 7) is 3.97. The number of aromatic nitrogens is 2. The predicted molar refractivity (Wildman–Crippen MR) is 112 cm³/mol. The Bertz CT molecular complexity index is 1360. The van der Waals surface area contributed by atoms with Crippen LogP contribution in [0.4, 0.5) is 0 Å². The molecular weight excluding hydrogens is 380 g/mol. The summed E-state index contributed by atoms with van der Waals surface area (Å²) < 4.78 is 6.74. The number of fused-ring (bicyclic) bond motifs is 5. The molecule has 2 aliphatic rings. The predicted octanol–water partition coefficient (Wildman–Crippen LogP) is 2.62. The summed E-state index contributed by atoms with van der Waals surface area (Å²) >= 11 is 0. The summed E-state index contributed by atoms with van der Waals surface area (Å²) in [5, 5.41) is 11.9. The van der Waals surface area contributed by atoms with E-state index in [0.717, 1.165) is 34.0 Å². The van der Waals surface area contributed by atoms with Crippen molar-refractivity contribution < 1.29 is 14.6 Å². The second-order valence-corrected chi connectivity index (χ2v) is 7.77. The van der Waals surface area contributed by atoms with Crippen LogP contribution in [0.5, 0.6) is 0 Å². The number of carbonyl (C=O) groups is 1. The number of hydrogen-bond acceptors (Lipinski definition) is 5. The van der Waals surface area contributed by atoms with Crippen LogP contribution >= 0.6 is 0 Å². The van der Waals surface area contributed by atoms with Gasteiger partial charge in [-0.3, -0.25) is 4.79 Å². The van der Waals surface area contributed by atoms with Crippen molar-refractivity contribution in [3.63, 3.8) is 0 Å². The number of pyridine rings is 2. The lowest BCUT2D eigenvalue weighted by atomic mass is 9.86. The van der Waals surface area contributed by atoms with Gasteiger partial charge in [0.2, 0.25) is 0 Å². The van der Waals surface area contributed by atoms with E-state index in [4.69, 9.17) is 16.1 Å². The van der Waals surface area contributed by atoms with Crippen molar-refractivity contribution in [3.8, 4) is 23.7 Å². The number of nitrogens with zero attached hydrogens (tertiary/aromatic N) is 2. The molecule has 5 rings (SSSR count). The molecule has 0 amide bonds. The second kappa shape index (κ2) is 6.28. The van der Waals surface area contributed by atoms with Gasteiger partial charge in [0.05, 0.1) is 29.0 Å². The van der Waals surface area contributed by atoms with Gasteiger partial charge >= 0.3 is 5.97 Å². The van der Waals surface area contributed by atoms with Gasteiger partial charge in [0.15, 0.2) is 5.60 Å². The molecule has 1 atom stereocenters. The molecule has 0 radical (unpaired) electrons. The second-order valence-electron chi connectivity index (χ2n) is 7.77. The van der Waals surface area contributed by atoms with Crippen molar-refractivity contribution in [2.75, 3.05) is 0 Å². The van der Waals surface area contributed by atoms with Crippen LogP contribution in [0, 0.1) is 12.3 Å². The molecule has 0 spiro atoms. The van der Waals surface area contributed by atoms with Crippen molar-refractivity contribution in [1.29, 1.82) is 0 Å². The third-order valence-corrected chi connectivity index (χ3v) is 6.30. The maximum absolute atomic E-state index is 13.2. The number of rotatable bonds is 2. The number of benzene rings is 1. The first-order valence-electron chi connectivity index (χ1n) is 10.0. The van der Waals surface area contributed by atoms with Crippen molar-refractivity contribution in [2.45, 2.75) is 45.4 Å². The quantitative estimate of drug-likeness (QED) is 0.413. The van der Waals surface area contributed by atoms with Gasteiger partial charge in [-0.15, -0.1) is 6.42 Å². The molecule has 1 aromatic carbocycles. The first-order valence-corrected chi connectivity index (χ1v) is 10.0. The van der Waals surface area contributed by atoms with Crippen LogP contribution in [0.25, 0.3) is 22.3 Å². The Balaban J connectivity index is 1.82. The van der Waals surface area contributed by atoms with Crippen LogP contribution in [0.2, 0.25) is 0 Å². The Morgan fingerprint density at radius 3 is 2.80 bits per heavy atom. The maximum atomic E-state index is 13.2. The lowest BCUT2D eigenvalue weighted by Crippen LogP contribution is -2.44. The first-order chi connectivity index (χ1) is 14.4. The number of aliphatic hydroxyl groups is 1. The summed E-state index contributed by atoms with van der Waals surface area (Å²) in [7, 11) is 0. The van der Waals surface area contributed by atoms with Crippen LogP contribution in [0.1, 0.15) is 48.1 Å². The Morgan fingerprint density at radius 2 is 2.10 bits per heavy atom. The lowest BCUT2D eigenvalue weighted by Gasteiger charge is -2.31. The van der Waals surface area contributed by atoms with E-state index >= 15 is 0 Å². The average Bonchev–Trinajstić information content (AvgIpc) is 3.12. The number of terminal acetylenes is 1. The molecule has 30 heavy (non-hydrogen) atoms. The van der Waals surface area contributed by atoms with Crippen LogP contribution in [-0.4, -0.2) is 20.6 Å². The van der Waals surface area contributed by atoms with Gasteiger partial charge in [0, 0.05) is 22.1 Å². The Hall–Kier alpha value is -3.43. The normalized spacial score (nSPS) is 19.1. The highest BCUT2D eigenvalue weighted by molar-refractivity contribution is 5.91. The number of carbonyl (C=O) groups excluding carboxylic acids is 1. The summed E-state index contributed by atoms with van der Waals surface area (Å²) in [5.74, 6) is 1.99. The van der Waals surface area contributed by atoms with E-state index in [2.05, 4.69) is 12.8 Å². The average molecular weight is 400 g/mol. The monoisotopic (exact) mass is 400 g/mol. The minimum absolute atomic E-state index is 0.116. The van der Waals surface area contributed by atoms with Crippen molar-refractivity contribution in [1.82, 2.24) is 9.55 Å². The zero-order valence-electron chi connectivity index (χ0n) is 16.8. The molecule has 0 bridgehead atoms. The fraction of sp³-hybridized carbons (Fsp3) is 0.292. The highest BCUT2D eigenvalue weighted by atomic mass is 16.6. The Labute approximate surface area is 173 Å². The van der Waals surface area contributed by atoms with Crippen LogP contribution < -0.4 is 5.56 Å². The molecule has 4 heterocycles. The molecule has 0 unspecified atom stereocenters. The third-order valence-electron chi connectivity index (χ3n) is 6.30. The molecule has 0 aliphatic carbocycles. The van der Waals surface area contributed by atoms with E-state index in [1.807, 2.05) is 18.2 Å². The maximum Gasteiger partial charge on any atom is 0.343 e.